The summed E-state index contributed by atoms with van der Waals surface area (Å²) in [6.45, 7) is 1.34. The Balaban J connectivity index is 2.88. The summed E-state index contributed by atoms with van der Waals surface area (Å²) in [6, 6.07) is 0.267. The molecule has 0 saturated carbocycles. The summed E-state index contributed by atoms with van der Waals surface area (Å²) in [7, 11) is 0. The molecule has 1 aromatic rings. The minimum atomic E-state index is -1.13. The van der Waals surface area contributed by atoms with E-state index >= 15 is 0 Å². The number of halogens is 2. The second kappa shape index (κ2) is 5.14. The summed E-state index contributed by atoms with van der Waals surface area (Å²) in [4.78, 5) is 25.8. The highest BCUT2D eigenvalue weighted by Gasteiger charge is 2.17. The number of hydrogen-bond donors (Lipinski definition) is 2. The molecular formula is C9H8Cl2N2O3. The largest absolute Gasteiger partial charge is 0.480 e. The van der Waals surface area contributed by atoms with Crippen LogP contribution in [0.4, 0.5) is 0 Å². The van der Waals surface area contributed by atoms with E-state index in [1.165, 1.54) is 19.2 Å². The van der Waals surface area contributed by atoms with Crippen LogP contribution in [0.25, 0.3) is 0 Å². The van der Waals surface area contributed by atoms with E-state index in [-0.39, 0.29) is 15.7 Å². The highest BCUT2D eigenvalue weighted by atomic mass is 35.5. The first-order chi connectivity index (χ1) is 7.41. The van der Waals surface area contributed by atoms with Crippen LogP contribution in [0.15, 0.2) is 12.3 Å². The highest BCUT2D eigenvalue weighted by molar-refractivity contribution is 6.35. The lowest BCUT2D eigenvalue weighted by atomic mass is 10.2. The van der Waals surface area contributed by atoms with Crippen molar-refractivity contribution in [3.05, 3.63) is 28.0 Å². The van der Waals surface area contributed by atoms with Gasteiger partial charge < -0.3 is 10.4 Å². The number of carbonyl (C=O) groups excluding carboxylic acids is 1. The molecule has 0 aliphatic rings. The van der Waals surface area contributed by atoms with Crippen LogP contribution in [-0.2, 0) is 4.79 Å². The zero-order chi connectivity index (χ0) is 12.3. The number of aliphatic carboxylic acids is 1. The van der Waals surface area contributed by atoms with E-state index in [9.17, 15) is 9.59 Å². The molecule has 1 rings (SSSR count). The van der Waals surface area contributed by atoms with Gasteiger partial charge in [-0.2, -0.15) is 0 Å². The summed E-state index contributed by atoms with van der Waals surface area (Å²) < 4.78 is 0. The van der Waals surface area contributed by atoms with Gasteiger partial charge in [0, 0.05) is 6.20 Å². The third-order valence-corrected chi connectivity index (χ3v) is 2.29. The fourth-order valence-corrected chi connectivity index (χ4v) is 1.27. The Hall–Kier alpha value is -1.33. The van der Waals surface area contributed by atoms with Crippen molar-refractivity contribution in [2.45, 2.75) is 13.0 Å². The molecule has 1 amide bonds. The maximum atomic E-state index is 11.6. The molecule has 1 heterocycles. The fourth-order valence-electron chi connectivity index (χ4n) is 0.923. The average Bonchev–Trinajstić information content (AvgIpc) is 2.21. The summed E-state index contributed by atoms with van der Waals surface area (Å²) in [5, 5.41) is 11.1. The summed E-state index contributed by atoms with van der Waals surface area (Å²) in [5.41, 5.74) is 0.0924. The fraction of sp³-hybridized carbons (Fsp3) is 0.222. The molecule has 1 atom stereocenters. The monoisotopic (exact) mass is 262 g/mol. The SMILES string of the molecule is C[C@H](NC(=O)c1cc(Cl)ncc1Cl)C(=O)O. The van der Waals surface area contributed by atoms with E-state index in [1.807, 2.05) is 0 Å². The Labute approximate surface area is 101 Å². The first-order valence-electron chi connectivity index (χ1n) is 4.26. The van der Waals surface area contributed by atoms with Crippen molar-refractivity contribution in [1.82, 2.24) is 10.3 Å². The normalized spacial score (nSPS) is 11.9. The van der Waals surface area contributed by atoms with Gasteiger partial charge in [0.05, 0.1) is 10.6 Å². The number of hydrogen-bond acceptors (Lipinski definition) is 3. The molecule has 2 N–H and O–H groups in total. The Morgan fingerprint density at radius 3 is 2.69 bits per heavy atom. The summed E-state index contributed by atoms with van der Waals surface area (Å²) in [6.07, 6.45) is 1.23. The number of nitrogens with one attached hydrogen (secondary N) is 1. The molecule has 0 spiro atoms. The number of carbonyl (C=O) groups is 2. The molecule has 7 heteroatoms. The summed E-state index contributed by atoms with van der Waals surface area (Å²) in [5.74, 6) is -1.74. The third kappa shape index (κ3) is 3.08. The van der Waals surface area contributed by atoms with Crippen molar-refractivity contribution in [3.8, 4) is 0 Å². The zero-order valence-corrected chi connectivity index (χ0v) is 9.71. The number of aromatic nitrogens is 1. The molecule has 5 nitrogen and oxygen atoms in total. The van der Waals surface area contributed by atoms with E-state index in [0.717, 1.165) is 0 Å². The van der Waals surface area contributed by atoms with Gasteiger partial charge in [0.25, 0.3) is 5.91 Å². The molecule has 0 aliphatic heterocycles. The van der Waals surface area contributed by atoms with Gasteiger partial charge in [-0.25, -0.2) is 4.98 Å². The van der Waals surface area contributed by atoms with E-state index in [4.69, 9.17) is 28.3 Å². The first kappa shape index (κ1) is 12.7. The van der Waals surface area contributed by atoms with Gasteiger partial charge in [0.15, 0.2) is 0 Å². The van der Waals surface area contributed by atoms with E-state index < -0.39 is 17.9 Å². The minimum absolute atomic E-state index is 0.0924. The van der Waals surface area contributed by atoms with Gasteiger partial charge >= 0.3 is 5.97 Å². The molecule has 86 valence electrons. The van der Waals surface area contributed by atoms with E-state index in [2.05, 4.69) is 10.3 Å². The predicted octanol–water partition coefficient (Wildman–Crippen LogP) is 1.59. The summed E-state index contributed by atoms with van der Waals surface area (Å²) >= 11 is 11.3. The second-order valence-corrected chi connectivity index (χ2v) is 3.81. The van der Waals surface area contributed by atoms with Crippen molar-refractivity contribution in [2.75, 3.05) is 0 Å². The minimum Gasteiger partial charge on any atom is -0.480 e. The zero-order valence-electron chi connectivity index (χ0n) is 8.20. The maximum Gasteiger partial charge on any atom is 0.325 e. The van der Waals surface area contributed by atoms with Gasteiger partial charge in [-0.3, -0.25) is 9.59 Å². The Morgan fingerprint density at radius 1 is 1.50 bits per heavy atom. The molecule has 0 fully saturated rings. The van der Waals surface area contributed by atoms with Crippen molar-refractivity contribution >= 4 is 35.1 Å². The first-order valence-corrected chi connectivity index (χ1v) is 5.02. The predicted molar refractivity (Wildman–Crippen MR) is 58.8 cm³/mol. The van der Waals surface area contributed by atoms with Crippen LogP contribution in [0.1, 0.15) is 17.3 Å². The van der Waals surface area contributed by atoms with Crippen LogP contribution in [-0.4, -0.2) is 28.0 Å². The number of carboxylic acid groups (broad SMARTS) is 1. The molecule has 0 unspecified atom stereocenters. The van der Waals surface area contributed by atoms with Crippen LogP contribution in [0, 0.1) is 0 Å². The molecule has 0 saturated heterocycles. The van der Waals surface area contributed by atoms with Crippen molar-refractivity contribution in [3.63, 3.8) is 0 Å². The van der Waals surface area contributed by atoms with Gasteiger partial charge in [-0.15, -0.1) is 0 Å². The molecule has 1 aromatic heterocycles. The number of nitrogens with zero attached hydrogens (tertiary/aromatic N) is 1. The Bertz CT molecular complexity index is 437. The van der Waals surface area contributed by atoms with Crippen molar-refractivity contribution in [1.29, 1.82) is 0 Å². The topological polar surface area (TPSA) is 79.3 Å². The molecule has 0 radical (unpaired) electrons. The molecule has 16 heavy (non-hydrogen) atoms. The number of rotatable bonds is 3. The van der Waals surface area contributed by atoms with Crippen LogP contribution in [0.3, 0.4) is 0 Å². The van der Waals surface area contributed by atoms with Crippen LogP contribution < -0.4 is 5.32 Å². The Kier molecular flexibility index (Phi) is 4.09. The maximum absolute atomic E-state index is 11.6. The van der Waals surface area contributed by atoms with Gasteiger partial charge in [-0.05, 0) is 13.0 Å². The van der Waals surface area contributed by atoms with E-state index in [0.29, 0.717) is 0 Å². The number of carboxylic acids is 1. The highest BCUT2D eigenvalue weighted by Crippen LogP contribution is 2.17. The van der Waals surface area contributed by atoms with Crippen LogP contribution in [0.2, 0.25) is 10.2 Å². The lowest BCUT2D eigenvalue weighted by Gasteiger charge is -2.10. The molecular weight excluding hydrogens is 255 g/mol. The standard InChI is InChI=1S/C9H8Cl2N2O3/c1-4(9(15)16)13-8(14)5-2-7(11)12-3-6(5)10/h2-4H,1H3,(H,13,14)(H,15,16)/t4-/m0/s1. The van der Waals surface area contributed by atoms with Crippen molar-refractivity contribution < 1.29 is 14.7 Å². The van der Waals surface area contributed by atoms with Gasteiger partial charge in [0.2, 0.25) is 0 Å². The smallest absolute Gasteiger partial charge is 0.325 e. The Morgan fingerprint density at radius 2 is 2.12 bits per heavy atom. The third-order valence-electron chi connectivity index (χ3n) is 1.78. The number of amides is 1. The quantitative estimate of drug-likeness (QED) is 0.811. The lowest BCUT2D eigenvalue weighted by Crippen LogP contribution is -2.38. The lowest BCUT2D eigenvalue weighted by molar-refractivity contribution is -0.138. The van der Waals surface area contributed by atoms with Crippen LogP contribution in [0.5, 0.6) is 0 Å². The van der Waals surface area contributed by atoms with E-state index in [1.54, 1.807) is 0 Å². The average molecular weight is 263 g/mol. The second-order valence-electron chi connectivity index (χ2n) is 3.02. The molecule has 0 aliphatic carbocycles. The van der Waals surface area contributed by atoms with Gasteiger partial charge in [0.1, 0.15) is 11.2 Å². The van der Waals surface area contributed by atoms with Crippen molar-refractivity contribution in [2.24, 2.45) is 0 Å². The molecule has 0 aromatic carbocycles. The van der Waals surface area contributed by atoms with Crippen LogP contribution >= 0.6 is 23.2 Å². The number of pyridine rings is 1. The molecule has 0 bridgehead atoms. The van der Waals surface area contributed by atoms with Gasteiger partial charge in [-0.1, -0.05) is 23.2 Å².